The van der Waals surface area contributed by atoms with E-state index >= 15 is 0 Å². The molecular weight excluding hydrogens is 332 g/mol. The third-order valence-electron chi connectivity index (χ3n) is 3.87. The maximum atomic E-state index is 11.4. The Hall–Kier alpha value is -1.85. The highest BCUT2D eigenvalue weighted by molar-refractivity contribution is 5.69. The summed E-state index contributed by atoms with van der Waals surface area (Å²) in [6.07, 6.45) is 4.84. The van der Waals surface area contributed by atoms with Crippen molar-refractivity contribution in [2.75, 3.05) is 26.4 Å². The molecule has 1 rings (SSSR count). The lowest BCUT2D eigenvalue weighted by Gasteiger charge is -2.19. The normalized spacial score (nSPS) is 13.6. The van der Waals surface area contributed by atoms with Crippen LogP contribution in [-0.2, 0) is 14.3 Å². The zero-order valence-corrected chi connectivity index (χ0v) is 16.4. The molecule has 0 aliphatic heterocycles. The Morgan fingerprint density at radius 1 is 1.23 bits per heavy atom. The predicted molar refractivity (Wildman–Crippen MR) is 103 cm³/mol. The van der Waals surface area contributed by atoms with Crippen LogP contribution in [0.2, 0.25) is 0 Å². The highest BCUT2D eigenvalue weighted by Gasteiger charge is 2.13. The topological polar surface area (TPSA) is 65.0 Å². The van der Waals surface area contributed by atoms with E-state index in [0.29, 0.717) is 32.7 Å². The fourth-order valence-corrected chi connectivity index (χ4v) is 2.41. The summed E-state index contributed by atoms with van der Waals surface area (Å²) in [4.78, 5) is 11.4. The second-order valence-corrected chi connectivity index (χ2v) is 6.23. The summed E-state index contributed by atoms with van der Waals surface area (Å²) in [7, 11) is 0. The molecule has 0 radical (unpaired) electrons. The van der Waals surface area contributed by atoms with Gasteiger partial charge in [0.2, 0.25) is 0 Å². The molecule has 1 aromatic rings. The number of ether oxygens (including phenoxy) is 3. The first-order valence-electron chi connectivity index (χ1n) is 9.33. The SMILES string of the molecule is CCOC(=O)CC/C=C/c1ccc(OCC)cc1[C@@H](C)OCC(C)CO. The molecule has 0 saturated heterocycles. The van der Waals surface area contributed by atoms with Gasteiger partial charge in [0.1, 0.15) is 5.75 Å². The summed E-state index contributed by atoms with van der Waals surface area (Å²) in [6, 6.07) is 5.92. The largest absolute Gasteiger partial charge is 0.494 e. The molecule has 1 aromatic carbocycles. The molecule has 5 heteroatoms. The van der Waals surface area contributed by atoms with Crippen molar-refractivity contribution in [3.8, 4) is 5.75 Å². The van der Waals surface area contributed by atoms with Gasteiger partial charge in [-0.05, 0) is 50.5 Å². The van der Waals surface area contributed by atoms with Crippen molar-refractivity contribution in [3.63, 3.8) is 0 Å². The van der Waals surface area contributed by atoms with Crippen LogP contribution in [0.4, 0.5) is 0 Å². The van der Waals surface area contributed by atoms with Crippen LogP contribution in [0.15, 0.2) is 24.3 Å². The molecule has 0 aromatic heterocycles. The molecule has 0 fully saturated rings. The quantitative estimate of drug-likeness (QED) is 0.565. The lowest BCUT2D eigenvalue weighted by atomic mass is 10.0. The van der Waals surface area contributed by atoms with E-state index < -0.39 is 0 Å². The standard InChI is InChI=1S/C21H32O5/c1-5-24-19-12-11-18(9-7-8-10-21(23)25-6-2)20(13-19)17(4)26-15-16(3)14-22/h7,9,11-13,16-17,22H,5-6,8,10,14-15H2,1-4H3/b9-7+/t16?,17-/m1/s1. The molecule has 0 aliphatic rings. The van der Waals surface area contributed by atoms with Crippen molar-refractivity contribution in [1.29, 1.82) is 0 Å². The Balaban J connectivity index is 2.83. The maximum absolute atomic E-state index is 11.4. The van der Waals surface area contributed by atoms with E-state index in [2.05, 4.69) is 0 Å². The molecular formula is C21H32O5. The van der Waals surface area contributed by atoms with E-state index in [1.54, 1.807) is 6.92 Å². The highest BCUT2D eigenvalue weighted by Crippen LogP contribution is 2.27. The summed E-state index contributed by atoms with van der Waals surface area (Å²) in [6.45, 7) is 9.29. The predicted octanol–water partition coefficient (Wildman–Crippen LogP) is 4.15. The lowest BCUT2D eigenvalue weighted by molar-refractivity contribution is -0.142. The summed E-state index contributed by atoms with van der Waals surface area (Å²) in [5.41, 5.74) is 2.05. The first-order valence-corrected chi connectivity index (χ1v) is 9.33. The van der Waals surface area contributed by atoms with E-state index in [9.17, 15) is 4.79 Å². The van der Waals surface area contributed by atoms with Crippen molar-refractivity contribution in [2.24, 2.45) is 5.92 Å². The molecule has 0 heterocycles. The lowest BCUT2D eigenvalue weighted by Crippen LogP contribution is -2.12. The van der Waals surface area contributed by atoms with Crippen molar-refractivity contribution >= 4 is 12.0 Å². The maximum Gasteiger partial charge on any atom is 0.306 e. The number of rotatable bonds is 12. The van der Waals surface area contributed by atoms with Gasteiger partial charge in [-0.1, -0.05) is 25.1 Å². The fourth-order valence-electron chi connectivity index (χ4n) is 2.41. The Labute approximate surface area is 157 Å². The molecule has 26 heavy (non-hydrogen) atoms. The van der Waals surface area contributed by atoms with Crippen LogP contribution >= 0.6 is 0 Å². The summed E-state index contributed by atoms with van der Waals surface area (Å²) in [5, 5.41) is 9.16. The first kappa shape index (κ1) is 22.2. The van der Waals surface area contributed by atoms with Gasteiger partial charge in [-0.15, -0.1) is 0 Å². The molecule has 5 nitrogen and oxygen atoms in total. The molecule has 0 saturated carbocycles. The second kappa shape index (κ2) is 12.5. The molecule has 0 bridgehead atoms. The highest BCUT2D eigenvalue weighted by atomic mass is 16.5. The Kier molecular flexibility index (Phi) is 10.7. The second-order valence-electron chi connectivity index (χ2n) is 6.23. The Morgan fingerprint density at radius 3 is 2.65 bits per heavy atom. The third kappa shape index (κ3) is 8.02. The van der Waals surface area contributed by atoms with E-state index in [4.69, 9.17) is 19.3 Å². The fraction of sp³-hybridized carbons (Fsp3) is 0.571. The van der Waals surface area contributed by atoms with Crippen molar-refractivity contribution in [3.05, 3.63) is 35.4 Å². The van der Waals surface area contributed by atoms with Crippen LogP contribution in [0.25, 0.3) is 6.08 Å². The van der Waals surface area contributed by atoms with E-state index in [-0.39, 0.29) is 24.6 Å². The summed E-state index contributed by atoms with van der Waals surface area (Å²) in [5.74, 6) is 0.715. The molecule has 1 N–H and O–H groups in total. The minimum atomic E-state index is -0.182. The van der Waals surface area contributed by atoms with Crippen LogP contribution in [-0.4, -0.2) is 37.5 Å². The van der Waals surface area contributed by atoms with Crippen molar-refractivity contribution < 1.29 is 24.1 Å². The Morgan fingerprint density at radius 2 is 2.00 bits per heavy atom. The van der Waals surface area contributed by atoms with Crippen molar-refractivity contribution in [2.45, 2.75) is 46.6 Å². The number of hydrogen-bond donors (Lipinski definition) is 1. The summed E-state index contributed by atoms with van der Waals surface area (Å²) < 4.78 is 16.4. The van der Waals surface area contributed by atoms with Gasteiger partial charge in [0.25, 0.3) is 0 Å². The van der Waals surface area contributed by atoms with Gasteiger partial charge in [-0.2, -0.15) is 0 Å². The number of esters is 1. The monoisotopic (exact) mass is 364 g/mol. The van der Waals surface area contributed by atoms with Gasteiger partial charge in [-0.3, -0.25) is 4.79 Å². The zero-order valence-electron chi connectivity index (χ0n) is 16.4. The number of aliphatic hydroxyl groups excluding tert-OH is 1. The van der Waals surface area contributed by atoms with Gasteiger partial charge in [-0.25, -0.2) is 0 Å². The minimum Gasteiger partial charge on any atom is -0.494 e. The number of benzene rings is 1. The molecule has 2 atom stereocenters. The molecule has 1 unspecified atom stereocenters. The molecule has 0 aliphatic carbocycles. The molecule has 0 amide bonds. The summed E-state index contributed by atoms with van der Waals surface area (Å²) >= 11 is 0. The zero-order chi connectivity index (χ0) is 19.4. The molecule has 146 valence electrons. The number of allylic oxidation sites excluding steroid dienone is 1. The number of hydrogen-bond acceptors (Lipinski definition) is 5. The third-order valence-corrected chi connectivity index (χ3v) is 3.87. The van der Waals surface area contributed by atoms with Crippen LogP contribution in [0.1, 0.15) is 57.8 Å². The van der Waals surface area contributed by atoms with E-state index in [0.717, 1.165) is 16.9 Å². The smallest absolute Gasteiger partial charge is 0.306 e. The Bertz CT molecular complexity index is 568. The van der Waals surface area contributed by atoms with Gasteiger partial charge in [0.15, 0.2) is 0 Å². The molecule has 0 spiro atoms. The average Bonchev–Trinajstić information content (AvgIpc) is 2.64. The van der Waals surface area contributed by atoms with E-state index in [1.807, 2.05) is 51.1 Å². The van der Waals surface area contributed by atoms with Gasteiger partial charge >= 0.3 is 5.97 Å². The van der Waals surface area contributed by atoms with Gasteiger partial charge in [0, 0.05) is 18.9 Å². The van der Waals surface area contributed by atoms with Crippen LogP contribution in [0.5, 0.6) is 5.75 Å². The minimum absolute atomic E-state index is 0.0936. The van der Waals surface area contributed by atoms with Crippen LogP contribution < -0.4 is 4.74 Å². The van der Waals surface area contributed by atoms with E-state index in [1.165, 1.54) is 0 Å². The average molecular weight is 364 g/mol. The first-order chi connectivity index (χ1) is 12.5. The number of carbonyl (C=O) groups is 1. The van der Waals surface area contributed by atoms with Crippen LogP contribution in [0, 0.1) is 5.92 Å². The van der Waals surface area contributed by atoms with Crippen LogP contribution in [0.3, 0.4) is 0 Å². The van der Waals surface area contributed by atoms with Gasteiger partial charge in [0.05, 0.1) is 25.9 Å². The van der Waals surface area contributed by atoms with Gasteiger partial charge < -0.3 is 19.3 Å². The van der Waals surface area contributed by atoms with Crippen molar-refractivity contribution in [1.82, 2.24) is 0 Å². The number of aliphatic hydroxyl groups is 1. The number of carbonyl (C=O) groups excluding carboxylic acids is 1.